The predicted octanol–water partition coefficient (Wildman–Crippen LogP) is -0.00690. The number of amides is 2. The van der Waals surface area contributed by atoms with E-state index in [0.29, 0.717) is 29.5 Å². The van der Waals surface area contributed by atoms with Gasteiger partial charge in [0, 0.05) is 18.3 Å². The van der Waals surface area contributed by atoms with Crippen molar-refractivity contribution in [2.24, 2.45) is 4.99 Å². The summed E-state index contributed by atoms with van der Waals surface area (Å²) in [6.07, 6.45) is 4.45. The Kier molecular flexibility index (Phi) is 10.1. The maximum absolute atomic E-state index is 12.5. The first-order valence-electron chi connectivity index (χ1n) is 8.56. The zero-order chi connectivity index (χ0) is 20.5. The van der Waals surface area contributed by atoms with Gasteiger partial charge in [-0.1, -0.05) is 12.2 Å². The third-order valence-electron chi connectivity index (χ3n) is 3.48. The minimum Gasteiger partial charge on any atom is -1.00 e. The summed E-state index contributed by atoms with van der Waals surface area (Å²) in [4.78, 5) is 42.4. The monoisotopic (exact) mass is 478 g/mol. The summed E-state index contributed by atoms with van der Waals surface area (Å²) in [5.74, 6) is -1.19. The molecule has 1 aliphatic heterocycles. The molecule has 2 rings (SSSR count). The van der Waals surface area contributed by atoms with Crippen molar-refractivity contribution in [3.8, 4) is 0 Å². The van der Waals surface area contributed by atoms with Gasteiger partial charge in [-0.05, 0) is 43.0 Å². The number of halogens is 1. The maximum Gasteiger partial charge on any atom is 0.338 e. The third-order valence-corrected chi connectivity index (χ3v) is 4.53. The van der Waals surface area contributed by atoms with E-state index in [1.54, 1.807) is 43.3 Å². The number of aliphatic imine (C=N–C) groups is 1. The van der Waals surface area contributed by atoms with Gasteiger partial charge in [-0.15, -0.1) is 13.2 Å². The summed E-state index contributed by atoms with van der Waals surface area (Å²) in [5.41, 5.74) is 0.886. The van der Waals surface area contributed by atoms with Crippen molar-refractivity contribution in [1.29, 1.82) is 0 Å². The molecule has 1 aliphatic rings. The second kappa shape index (κ2) is 12.0. The number of amidine groups is 1. The lowest BCUT2D eigenvalue weighted by Gasteiger charge is -2.12. The molecule has 1 saturated heterocycles. The first-order chi connectivity index (χ1) is 13.5. The summed E-state index contributed by atoms with van der Waals surface area (Å²) >= 11 is 1.13. The fourth-order valence-corrected chi connectivity index (χ4v) is 3.23. The number of anilines is 1. The molecule has 1 aromatic carbocycles. The first-order valence-corrected chi connectivity index (χ1v) is 9.37. The molecule has 0 saturated carbocycles. The highest BCUT2D eigenvalue weighted by atomic mass is 79.9. The van der Waals surface area contributed by atoms with Crippen LogP contribution in [-0.2, 0) is 14.3 Å². The Morgan fingerprint density at radius 3 is 2.52 bits per heavy atom. The fourth-order valence-electron chi connectivity index (χ4n) is 2.26. The van der Waals surface area contributed by atoms with E-state index < -0.39 is 11.9 Å². The van der Waals surface area contributed by atoms with Gasteiger partial charge in [0.1, 0.15) is 0 Å². The van der Waals surface area contributed by atoms with Crippen LogP contribution < -0.4 is 22.3 Å². The zero-order valence-electron chi connectivity index (χ0n) is 15.9. The molecule has 154 valence electrons. The summed E-state index contributed by atoms with van der Waals surface area (Å²) < 4.78 is 4.91. The molecular formula is C20H21BrN3O4S-. The maximum atomic E-state index is 12.5. The number of esters is 1. The lowest BCUT2D eigenvalue weighted by molar-refractivity contribution is -0.122. The zero-order valence-corrected chi connectivity index (χ0v) is 18.3. The van der Waals surface area contributed by atoms with Gasteiger partial charge < -0.3 is 27.0 Å². The number of hydrogen-bond donors (Lipinski definition) is 1. The van der Waals surface area contributed by atoms with Crippen LogP contribution >= 0.6 is 11.8 Å². The van der Waals surface area contributed by atoms with Gasteiger partial charge in [0.15, 0.2) is 5.17 Å². The summed E-state index contributed by atoms with van der Waals surface area (Å²) in [6.45, 7) is 9.93. The second-order valence-corrected chi connectivity index (χ2v) is 6.52. The van der Waals surface area contributed by atoms with Crippen LogP contribution in [0.5, 0.6) is 0 Å². The number of ether oxygens (including phenoxy) is 1. The van der Waals surface area contributed by atoms with Crippen LogP contribution in [-0.4, -0.2) is 47.5 Å². The number of hydrogen-bond acceptors (Lipinski definition) is 6. The molecule has 1 N–H and O–H groups in total. The van der Waals surface area contributed by atoms with E-state index >= 15 is 0 Å². The molecule has 0 bridgehead atoms. The topological polar surface area (TPSA) is 88.1 Å². The first kappa shape index (κ1) is 24.4. The van der Waals surface area contributed by atoms with Crippen LogP contribution in [0.2, 0.25) is 0 Å². The molecule has 0 atom stereocenters. The van der Waals surface area contributed by atoms with Crippen molar-refractivity contribution in [1.82, 2.24) is 4.90 Å². The Morgan fingerprint density at radius 2 is 1.93 bits per heavy atom. The van der Waals surface area contributed by atoms with E-state index in [0.717, 1.165) is 11.8 Å². The Bertz CT molecular complexity index is 850. The number of thioether (sulfide) groups is 1. The smallest absolute Gasteiger partial charge is 0.338 e. The fraction of sp³-hybridized carbons (Fsp3) is 0.200. The van der Waals surface area contributed by atoms with E-state index in [2.05, 4.69) is 23.5 Å². The van der Waals surface area contributed by atoms with E-state index in [-0.39, 0.29) is 34.4 Å². The SMILES string of the molecule is C=CCN=C1S/C(=C\C(=O)Nc2ccc(C(=O)OCC)cc2)C(=O)N1CC=C.[Br-]. The average Bonchev–Trinajstić information content (AvgIpc) is 2.96. The second-order valence-electron chi connectivity index (χ2n) is 5.51. The van der Waals surface area contributed by atoms with Crippen LogP contribution in [0, 0.1) is 0 Å². The quantitative estimate of drug-likeness (QED) is 0.322. The van der Waals surface area contributed by atoms with Crippen molar-refractivity contribution in [2.75, 3.05) is 25.0 Å². The van der Waals surface area contributed by atoms with Gasteiger partial charge in [0.2, 0.25) is 5.91 Å². The summed E-state index contributed by atoms with van der Waals surface area (Å²) in [5, 5.41) is 3.17. The lowest BCUT2D eigenvalue weighted by atomic mass is 10.2. The number of carbonyl (C=O) groups is 3. The Hall–Kier alpha value is -2.65. The van der Waals surface area contributed by atoms with Crippen molar-refractivity contribution in [3.63, 3.8) is 0 Å². The van der Waals surface area contributed by atoms with Crippen LogP contribution in [0.4, 0.5) is 5.69 Å². The van der Waals surface area contributed by atoms with Gasteiger partial charge in [0.05, 0.1) is 23.6 Å². The molecule has 0 aliphatic carbocycles. The normalized spacial score (nSPS) is 15.8. The van der Waals surface area contributed by atoms with Crippen molar-refractivity contribution in [3.05, 3.63) is 66.1 Å². The predicted molar refractivity (Wildman–Crippen MR) is 111 cm³/mol. The molecule has 1 heterocycles. The minimum absolute atomic E-state index is 0. The van der Waals surface area contributed by atoms with E-state index in [1.165, 1.54) is 11.0 Å². The Labute approximate surface area is 184 Å². The Balaban J connectivity index is 0.00000420. The van der Waals surface area contributed by atoms with Gasteiger partial charge >= 0.3 is 5.97 Å². The number of benzene rings is 1. The molecule has 9 heteroatoms. The van der Waals surface area contributed by atoms with Crippen molar-refractivity contribution < 1.29 is 36.1 Å². The van der Waals surface area contributed by atoms with E-state index in [9.17, 15) is 14.4 Å². The molecule has 0 aromatic heterocycles. The van der Waals surface area contributed by atoms with Crippen LogP contribution in [0.25, 0.3) is 0 Å². The molecule has 29 heavy (non-hydrogen) atoms. The van der Waals surface area contributed by atoms with Crippen LogP contribution in [0.15, 0.2) is 65.5 Å². The van der Waals surface area contributed by atoms with Crippen LogP contribution in [0.3, 0.4) is 0 Å². The van der Waals surface area contributed by atoms with E-state index in [1.807, 2.05) is 0 Å². The standard InChI is InChI=1S/C20H21N3O4S.BrH/c1-4-11-21-20-23(12-5-2)18(25)16(28-20)13-17(24)22-15-9-7-14(8-10-15)19(26)27-6-3;/h4-5,7-10,13H,1-2,6,11-12H2,3H3,(H,22,24);1H/p-1/b16-13-,21-20?;. The summed E-state index contributed by atoms with van der Waals surface area (Å²) in [7, 11) is 0. The molecule has 0 spiro atoms. The molecule has 1 aromatic rings. The van der Waals surface area contributed by atoms with Crippen molar-refractivity contribution in [2.45, 2.75) is 6.92 Å². The van der Waals surface area contributed by atoms with Gasteiger partial charge in [-0.2, -0.15) is 0 Å². The van der Waals surface area contributed by atoms with Gasteiger partial charge in [-0.3, -0.25) is 19.5 Å². The highest BCUT2D eigenvalue weighted by Crippen LogP contribution is 2.30. The van der Waals surface area contributed by atoms with Gasteiger partial charge in [-0.25, -0.2) is 4.79 Å². The lowest BCUT2D eigenvalue weighted by Crippen LogP contribution is -3.00. The number of nitrogens with zero attached hydrogens (tertiary/aromatic N) is 2. The molecule has 2 amide bonds. The highest BCUT2D eigenvalue weighted by molar-refractivity contribution is 8.18. The minimum atomic E-state index is -0.455. The molecular weight excluding hydrogens is 458 g/mol. The van der Waals surface area contributed by atoms with E-state index in [4.69, 9.17) is 4.74 Å². The van der Waals surface area contributed by atoms with Crippen LogP contribution in [0.1, 0.15) is 17.3 Å². The molecule has 1 fully saturated rings. The molecule has 0 unspecified atom stereocenters. The third kappa shape index (κ3) is 6.72. The van der Waals surface area contributed by atoms with Gasteiger partial charge in [0.25, 0.3) is 5.91 Å². The van der Waals surface area contributed by atoms with Crippen molar-refractivity contribution >= 4 is 40.4 Å². The number of carbonyl (C=O) groups excluding carboxylic acids is 3. The summed E-state index contributed by atoms with van der Waals surface area (Å²) in [6, 6.07) is 6.30. The highest BCUT2D eigenvalue weighted by Gasteiger charge is 2.32. The largest absolute Gasteiger partial charge is 1.00 e. The molecule has 0 radical (unpaired) electrons. The number of nitrogens with one attached hydrogen (secondary N) is 1. The Morgan fingerprint density at radius 1 is 1.24 bits per heavy atom. The average molecular weight is 479 g/mol. The number of rotatable bonds is 8. The molecule has 7 nitrogen and oxygen atoms in total.